The first-order valence-corrected chi connectivity index (χ1v) is 8.33. The molecule has 0 unspecified atom stereocenters. The van der Waals surface area contributed by atoms with Crippen LogP contribution in [0.25, 0.3) is 22.3 Å². The fourth-order valence-electron chi connectivity index (χ4n) is 2.61. The van der Waals surface area contributed by atoms with Crippen molar-refractivity contribution in [2.45, 2.75) is 39.5 Å². The summed E-state index contributed by atoms with van der Waals surface area (Å²) < 4.78 is 0. The van der Waals surface area contributed by atoms with Crippen LogP contribution in [0.15, 0.2) is 42.5 Å². The third-order valence-corrected chi connectivity index (χ3v) is 4.42. The smallest absolute Gasteiger partial charge is 0.161 e. The Morgan fingerprint density at radius 2 is 1.62 bits per heavy atom. The van der Waals surface area contributed by atoms with Gasteiger partial charge < -0.3 is 5.48 Å². The minimum Gasteiger partial charge on any atom is -0.412 e. The second-order valence-corrected chi connectivity index (χ2v) is 7.23. The van der Waals surface area contributed by atoms with E-state index in [2.05, 4.69) is 74.1 Å². The van der Waals surface area contributed by atoms with Gasteiger partial charge in [0.2, 0.25) is 0 Å². The molecule has 0 spiro atoms. The summed E-state index contributed by atoms with van der Waals surface area (Å²) in [7, 11) is 0. The predicted octanol–water partition coefficient (Wildman–Crippen LogP) is 4.99. The van der Waals surface area contributed by atoms with Crippen molar-refractivity contribution < 1.29 is 5.48 Å². The van der Waals surface area contributed by atoms with Gasteiger partial charge in [-0.25, -0.2) is 9.97 Å². The summed E-state index contributed by atoms with van der Waals surface area (Å²) in [6.45, 7) is 8.74. The summed E-state index contributed by atoms with van der Waals surface area (Å²) >= 11 is 6.39. The Bertz CT molecular complexity index is 852. The molecule has 0 aliphatic carbocycles. The second-order valence-electron chi connectivity index (χ2n) is 6.87. The Kier molecular flexibility index (Phi) is 5.26. The highest BCUT2D eigenvalue weighted by atomic mass is 35.5. The number of fused-ring (bicyclic) bond motifs is 1. The van der Waals surface area contributed by atoms with Crippen molar-refractivity contribution in [3.8, 4) is 11.4 Å². The van der Waals surface area contributed by atoms with E-state index < -0.39 is 0 Å². The van der Waals surface area contributed by atoms with Crippen molar-refractivity contribution in [1.82, 2.24) is 9.97 Å². The molecule has 0 atom stereocenters. The van der Waals surface area contributed by atoms with E-state index in [9.17, 15) is 0 Å². The van der Waals surface area contributed by atoms with Crippen molar-refractivity contribution in [2.24, 2.45) is 0 Å². The maximum Gasteiger partial charge on any atom is 0.161 e. The lowest BCUT2D eigenvalue weighted by atomic mass is 9.87. The van der Waals surface area contributed by atoms with Crippen molar-refractivity contribution in [1.29, 1.82) is 0 Å². The number of halogens is 1. The highest BCUT2D eigenvalue weighted by molar-refractivity contribution is 6.34. The van der Waals surface area contributed by atoms with Crippen LogP contribution >= 0.6 is 11.6 Å². The zero-order chi connectivity index (χ0) is 16.6. The van der Waals surface area contributed by atoms with Gasteiger partial charge in [0.25, 0.3) is 0 Å². The Hall–Kier alpha value is -1.97. The zero-order valence-electron chi connectivity index (χ0n) is 14.5. The Morgan fingerprint density at radius 3 is 2.21 bits per heavy atom. The molecule has 3 nitrogen and oxygen atoms in total. The van der Waals surface area contributed by atoms with E-state index in [4.69, 9.17) is 11.6 Å². The van der Waals surface area contributed by atoms with Gasteiger partial charge in [-0.2, -0.15) is 0 Å². The van der Waals surface area contributed by atoms with Crippen LogP contribution in [0.3, 0.4) is 0 Å². The van der Waals surface area contributed by atoms with Gasteiger partial charge in [-0.15, -0.1) is 0 Å². The van der Waals surface area contributed by atoms with E-state index in [0.717, 1.165) is 22.9 Å². The lowest BCUT2D eigenvalue weighted by molar-refractivity contribution is 0.590. The van der Waals surface area contributed by atoms with Crippen LogP contribution in [-0.4, -0.2) is 15.4 Å². The van der Waals surface area contributed by atoms with Crippen molar-refractivity contribution in [3.63, 3.8) is 0 Å². The van der Waals surface area contributed by atoms with Crippen LogP contribution in [0.5, 0.6) is 0 Å². The number of aryl methyl sites for hydroxylation is 1. The second kappa shape index (κ2) is 6.88. The number of rotatable bonds is 2. The van der Waals surface area contributed by atoms with Gasteiger partial charge in [0.1, 0.15) is 5.15 Å². The van der Waals surface area contributed by atoms with E-state index in [1.807, 2.05) is 6.07 Å². The molecule has 0 fully saturated rings. The summed E-state index contributed by atoms with van der Waals surface area (Å²) in [6.07, 6.45) is 0.974. The maximum atomic E-state index is 6.39. The minimum atomic E-state index is 0. The van der Waals surface area contributed by atoms with Crippen molar-refractivity contribution in [2.75, 3.05) is 0 Å². The number of hydrogen-bond donors (Lipinski definition) is 0. The largest absolute Gasteiger partial charge is 0.412 e. The van der Waals surface area contributed by atoms with Gasteiger partial charge in [-0.3, -0.25) is 0 Å². The maximum absolute atomic E-state index is 6.39. The zero-order valence-corrected chi connectivity index (χ0v) is 15.3. The van der Waals surface area contributed by atoms with E-state index >= 15 is 0 Å². The topological polar surface area (TPSA) is 57.3 Å². The van der Waals surface area contributed by atoms with Crippen LogP contribution in [0.1, 0.15) is 38.8 Å². The molecule has 126 valence electrons. The molecule has 0 bridgehead atoms. The quantitative estimate of drug-likeness (QED) is 0.616. The predicted molar refractivity (Wildman–Crippen MR) is 102 cm³/mol. The van der Waals surface area contributed by atoms with E-state index in [-0.39, 0.29) is 10.9 Å². The Morgan fingerprint density at radius 1 is 0.958 bits per heavy atom. The van der Waals surface area contributed by atoms with Gasteiger partial charge in [0.15, 0.2) is 5.82 Å². The molecule has 1 aromatic heterocycles. The van der Waals surface area contributed by atoms with Crippen LogP contribution in [0.4, 0.5) is 0 Å². The molecule has 0 aliphatic heterocycles. The molecule has 4 heteroatoms. The fraction of sp³-hybridized carbons (Fsp3) is 0.300. The molecule has 2 aromatic carbocycles. The number of hydrogen-bond acceptors (Lipinski definition) is 2. The molecule has 0 radical (unpaired) electrons. The fourth-order valence-corrected chi connectivity index (χ4v) is 2.84. The average molecular weight is 343 g/mol. The summed E-state index contributed by atoms with van der Waals surface area (Å²) in [4.78, 5) is 9.17. The van der Waals surface area contributed by atoms with Gasteiger partial charge in [-0.1, -0.05) is 69.6 Å². The SMILES string of the molecule is CCc1ccc2nc(-c3ccc(C(C)(C)C)cc3)nc(Cl)c2c1.O. The van der Waals surface area contributed by atoms with Crippen LogP contribution < -0.4 is 0 Å². The van der Waals surface area contributed by atoms with Crippen LogP contribution in [0.2, 0.25) is 5.15 Å². The molecule has 24 heavy (non-hydrogen) atoms. The summed E-state index contributed by atoms with van der Waals surface area (Å²) in [5.41, 5.74) is 4.54. The molecule has 0 saturated heterocycles. The molecule has 0 saturated carbocycles. The number of benzene rings is 2. The average Bonchev–Trinajstić information content (AvgIpc) is 2.54. The Balaban J connectivity index is 0.00000208. The van der Waals surface area contributed by atoms with Gasteiger partial charge >= 0.3 is 0 Å². The Labute approximate surface area is 148 Å². The highest BCUT2D eigenvalue weighted by Gasteiger charge is 2.14. The number of nitrogens with zero attached hydrogens (tertiary/aromatic N) is 2. The van der Waals surface area contributed by atoms with E-state index in [1.54, 1.807) is 0 Å². The van der Waals surface area contributed by atoms with Gasteiger partial charge in [0, 0.05) is 10.9 Å². The third kappa shape index (κ3) is 3.58. The molecular formula is C20H23ClN2O. The van der Waals surface area contributed by atoms with E-state index in [1.165, 1.54) is 11.1 Å². The first-order valence-electron chi connectivity index (χ1n) is 7.95. The lowest BCUT2D eigenvalue weighted by Gasteiger charge is -2.19. The lowest BCUT2D eigenvalue weighted by Crippen LogP contribution is -2.10. The van der Waals surface area contributed by atoms with E-state index in [0.29, 0.717) is 11.0 Å². The summed E-state index contributed by atoms with van der Waals surface area (Å²) in [5, 5.41) is 1.43. The summed E-state index contributed by atoms with van der Waals surface area (Å²) in [5.74, 6) is 0.673. The molecule has 2 N–H and O–H groups in total. The minimum absolute atomic E-state index is 0. The van der Waals surface area contributed by atoms with Gasteiger partial charge in [-0.05, 0) is 35.1 Å². The standard InChI is InChI=1S/C20H21ClN2.H2O/c1-5-13-6-11-17-16(12-13)18(21)23-19(22-17)14-7-9-15(10-8-14)20(2,3)4;/h6-12H,5H2,1-4H3;1H2. The molecule has 3 rings (SSSR count). The van der Waals surface area contributed by atoms with Crippen molar-refractivity contribution in [3.05, 3.63) is 58.7 Å². The highest BCUT2D eigenvalue weighted by Crippen LogP contribution is 2.28. The van der Waals surface area contributed by atoms with Crippen LogP contribution in [0, 0.1) is 0 Å². The molecule has 0 aliphatic rings. The monoisotopic (exact) mass is 342 g/mol. The molecule has 0 amide bonds. The van der Waals surface area contributed by atoms with Crippen molar-refractivity contribution >= 4 is 22.5 Å². The third-order valence-electron chi connectivity index (χ3n) is 4.13. The first-order chi connectivity index (χ1) is 10.9. The van der Waals surface area contributed by atoms with Crippen LogP contribution in [-0.2, 0) is 11.8 Å². The number of aromatic nitrogens is 2. The molecular weight excluding hydrogens is 320 g/mol. The first kappa shape index (κ1) is 18.4. The van der Waals surface area contributed by atoms with Gasteiger partial charge in [0.05, 0.1) is 5.52 Å². The normalized spacial score (nSPS) is 11.4. The summed E-state index contributed by atoms with van der Waals surface area (Å²) in [6, 6.07) is 14.6. The molecule has 3 aromatic rings. The molecule has 1 heterocycles.